The molecule has 2 aromatic rings. The van der Waals surface area contributed by atoms with Gasteiger partial charge < -0.3 is 0 Å². The second kappa shape index (κ2) is 7.51. The Kier molecular flexibility index (Phi) is 5.43. The van der Waals surface area contributed by atoms with Crippen molar-refractivity contribution in [3.05, 3.63) is 74.8 Å². The lowest BCUT2D eigenvalue weighted by Gasteiger charge is -2.03. The molecule has 0 saturated heterocycles. The normalized spacial score (nSPS) is 11.1. The highest BCUT2D eigenvalue weighted by Gasteiger charge is 2.07. The number of carbonyl (C=O) groups excluding carboxylic acids is 1. The molecule has 2 rings (SSSR count). The summed E-state index contributed by atoms with van der Waals surface area (Å²) in [6.45, 7) is 1.77. The molecule has 118 valence electrons. The highest BCUT2D eigenvalue weighted by Crippen LogP contribution is 2.12. The van der Waals surface area contributed by atoms with Crippen molar-refractivity contribution in [1.29, 1.82) is 0 Å². The molecule has 0 aliphatic rings. The Bertz CT molecular complexity index is 740. The van der Waals surface area contributed by atoms with E-state index in [-0.39, 0.29) is 18.0 Å². The second-order valence-electron chi connectivity index (χ2n) is 4.84. The minimum absolute atomic E-state index is 0.00855. The van der Waals surface area contributed by atoms with Gasteiger partial charge in [-0.05, 0) is 30.2 Å². The van der Waals surface area contributed by atoms with Crippen LogP contribution >= 0.6 is 11.6 Å². The molecule has 0 atom stereocenters. The van der Waals surface area contributed by atoms with Gasteiger partial charge in [0.25, 0.3) is 5.69 Å². The molecule has 1 amide bonds. The number of carbonyl (C=O) groups is 1. The van der Waals surface area contributed by atoms with Gasteiger partial charge in [0.15, 0.2) is 0 Å². The van der Waals surface area contributed by atoms with Crippen LogP contribution in [0, 0.1) is 10.1 Å². The number of nitrogens with one attached hydrogen (secondary N) is 1. The first-order valence-electron chi connectivity index (χ1n) is 6.78. The molecule has 0 aliphatic heterocycles. The summed E-state index contributed by atoms with van der Waals surface area (Å²) < 4.78 is 0. The van der Waals surface area contributed by atoms with Crippen molar-refractivity contribution in [1.82, 2.24) is 5.43 Å². The third kappa shape index (κ3) is 4.89. The van der Waals surface area contributed by atoms with E-state index in [4.69, 9.17) is 11.6 Å². The summed E-state index contributed by atoms with van der Waals surface area (Å²) in [6.07, 6.45) is 0.0927. The van der Waals surface area contributed by atoms with Crippen LogP contribution in [0.2, 0.25) is 5.02 Å². The molecule has 23 heavy (non-hydrogen) atoms. The number of benzene rings is 2. The van der Waals surface area contributed by atoms with Crippen LogP contribution in [0.5, 0.6) is 0 Å². The quantitative estimate of drug-likeness (QED) is 0.518. The first-order valence-corrected chi connectivity index (χ1v) is 7.16. The number of nitro groups is 1. The molecular weight excluding hydrogens is 318 g/mol. The van der Waals surface area contributed by atoms with Crippen LogP contribution in [-0.4, -0.2) is 16.5 Å². The first-order chi connectivity index (χ1) is 11.0. The lowest BCUT2D eigenvalue weighted by Crippen LogP contribution is -2.21. The first kappa shape index (κ1) is 16.6. The van der Waals surface area contributed by atoms with Gasteiger partial charge >= 0.3 is 0 Å². The third-order valence-electron chi connectivity index (χ3n) is 3.12. The van der Waals surface area contributed by atoms with Crippen molar-refractivity contribution in [3.63, 3.8) is 0 Å². The number of halogens is 1. The maximum atomic E-state index is 11.8. The van der Waals surface area contributed by atoms with Gasteiger partial charge in [0.1, 0.15) is 0 Å². The number of nitro benzene ring substituents is 1. The Hall–Kier alpha value is -2.73. The summed E-state index contributed by atoms with van der Waals surface area (Å²) >= 11 is 5.81. The monoisotopic (exact) mass is 331 g/mol. The number of non-ortho nitro benzene ring substituents is 1. The molecule has 0 spiro atoms. The van der Waals surface area contributed by atoms with E-state index in [2.05, 4.69) is 10.5 Å². The highest BCUT2D eigenvalue weighted by atomic mass is 35.5. The van der Waals surface area contributed by atoms with E-state index in [0.717, 1.165) is 5.56 Å². The molecular formula is C16H14ClN3O3. The average Bonchev–Trinajstić information content (AvgIpc) is 2.54. The number of hydrogen-bond donors (Lipinski definition) is 1. The summed E-state index contributed by atoms with van der Waals surface area (Å²) in [5.41, 5.74) is 4.63. The molecule has 2 aromatic carbocycles. The van der Waals surface area contributed by atoms with Crippen LogP contribution in [0.4, 0.5) is 5.69 Å². The number of nitrogens with zero attached hydrogens (tertiary/aromatic N) is 2. The van der Waals surface area contributed by atoms with Crippen molar-refractivity contribution < 1.29 is 9.72 Å². The van der Waals surface area contributed by atoms with Crippen molar-refractivity contribution in [2.45, 2.75) is 13.3 Å². The fourth-order valence-electron chi connectivity index (χ4n) is 1.86. The van der Waals surface area contributed by atoms with Crippen LogP contribution < -0.4 is 5.43 Å². The minimum Gasteiger partial charge on any atom is -0.273 e. The molecule has 0 heterocycles. The zero-order chi connectivity index (χ0) is 16.8. The summed E-state index contributed by atoms with van der Waals surface area (Å²) in [4.78, 5) is 21.9. The van der Waals surface area contributed by atoms with Crippen molar-refractivity contribution in [2.75, 3.05) is 0 Å². The zero-order valence-electron chi connectivity index (χ0n) is 12.3. The Morgan fingerprint density at radius 3 is 2.35 bits per heavy atom. The van der Waals surface area contributed by atoms with Crippen LogP contribution in [0.1, 0.15) is 18.1 Å². The van der Waals surface area contributed by atoms with E-state index in [1.807, 2.05) is 12.1 Å². The minimum atomic E-state index is -0.483. The van der Waals surface area contributed by atoms with Gasteiger partial charge in [0.2, 0.25) is 5.91 Å². The van der Waals surface area contributed by atoms with E-state index in [0.29, 0.717) is 16.3 Å². The summed E-state index contributed by atoms with van der Waals surface area (Å²) in [5.74, 6) is -0.299. The molecule has 1 N–H and O–H groups in total. The van der Waals surface area contributed by atoms with Crippen molar-refractivity contribution >= 4 is 28.9 Å². The molecule has 0 bridgehead atoms. The van der Waals surface area contributed by atoms with E-state index in [1.165, 1.54) is 12.1 Å². The lowest BCUT2D eigenvalue weighted by atomic mass is 10.1. The Labute approximate surface area is 137 Å². The largest absolute Gasteiger partial charge is 0.273 e. The Morgan fingerprint density at radius 2 is 1.78 bits per heavy atom. The lowest BCUT2D eigenvalue weighted by molar-refractivity contribution is -0.384. The maximum absolute atomic E-state index is 11.8. The number of amides is 1. The summed E-state index contributed by atoms with van der Waals surface area (Å²) in [7, 11) is 0. The van der Waals surface area contributed by atoms with Crippen molar-refractivity contribution in [3.8, 4) is 0 Å². The molecule has 0 radical (unpaired) electrons. The standard InChI is InChI=1S/C16H14ClN3O3/c1-11(13-4-6-14(17)7-5-13)18-19-16(21)10-12-2-8-15(9-3-12)20(22)23/h2-9H,10H2,1H3,(H,19,21)/b18-11+. The fraction of sp³-hybridized carbons (Fsp3) is 0.125. The maximum Gasteiger partial charge on any atom is 0.269 e. The van der Waals surface area contributed by atoms with Gasteiger partial charge in [-0.3, -0.25) is 14.9 Å². The fourth-order valence-corrected chi connectivity index (χ4v) is 1.99. The Morgan fingerprint density at radius 1 is 1.17 bits per heavy atom. The summed E-state index contributed by atoms with van der Waals surface area (Å²) in [6, 6.07) is 12.9. The van der Waals surface area contributed by atoms with Gasteiger partial charge in [0.05, 0.1) is 17.1 Å². The van der Waals surface area contributed by atoms with E-state index in [9.17, 15) is 14.9 Å². The number of rotatable bonds is 5. The van der Waals surface area contributed by atoms with Crippen LogP contribution in [0.3, 0.4) is 0 Å². The predicted molar refractivity (Wildman–Crippen MR) is 88.6 cm³/mol. The van der Waals surface area contributed by atoms with Gasteiger partial charge in [-0.2, -0.15) is 5.10 Å². The van der Waals surface area contributed by atoms with Crippen LogP contribution in [0.15, 0.2) is 53.6 Å². The van der Waals surface area contributed by atoms with E-state index >= 15 is 0 Å². The van der Waals surface area contributed by atoms with Crippen molar-refractivity contribution in [2.24, 2.45) is 5.10 Å². The van der Waals surface area contributed by atoms with Crippen LogP contribution in [0.25, 0.3) is 0 Å². The molecule has 0 saturated carbocycles. The second-order valence-corrected chi connectivity index (χ2v) is 5.28. The van der Waals surface area contributed by atoms with E-state index in [1.54, 1.807) is 31.2 Å². The molecule has 0 aliphatic carbocycles. The Balaban J connectivity index is 1.95. The highest BCUT2D eigenvalue weighted by molar-refractivity contribution is 6.30. The van der Waals surface area contributed by atoms with Gasteiger partial charge in [-0.1, -0.05) is 35.9 Å². The van der Waals surface area contributed by atoms with Crippen LogP contribution in [-0.2, 0) is 11.2 Å². The van der Waals surface area contributed by atoms with Gasteiger partial charge in [0, 0.05) is 17.2 Å². The predicted octanol–water partition coefficient (Wildman–Crippen LogP) is 3.33. The number of hydrazone groups is 1. The van der Waals surface area contributed by atoms with E-state index < -0.39 is 4.92 Å². The SMILES string of the molecule is C/C(=N\NC(=O)Cc1ccc([N+](=O)[O-])cc1)c1ccc(Cl)cc1. The summed E-state index contributed by atoms with van der Waals surface area (Å²) in [5, 5.41) is 15.2. The smallest absolute Gasteiger partial charge is 0.269 e. The third-order valence-corrected chi connectivity index (χ3v) is 3.37. The van der Waals surface area contributed by atoms with Gasteiger partial charge in [-0.25, -0.2) is 5.43 Å². The topological polar surface area (TPSA) is 84.6 Å². The van der Waals surface area contributed by atoms with Gasteiger partial charge in [-0.15, -0.1) is 0 Å². The molecule has 7 heteroatoms. The molecule has 0 unspecified atom stereocenters. The molecule has 0 fully saturated rings. The average molecular weight is 332 g/mol. The number of hydrogen-bond acceptors (Lipinski definition) is 4. The molecule has 6 nitrogen and oxygen atoms in total. The molecule has 0 aromatic heterocycles. The zero-order valence-corrected chi connectivity index (χ0v) is 13.1.